The van der Waals surface area contributed by atoms with Gasteiger partial charge in [-0.1, -0.05) is 54.9 Å². The lowest BCUT2D eigenvalue weighted by molar-refractivity contribution is -0.119. The van der Waals surface area contributed by atoms with Crippen LogP contribution in [0.15, 0.2) is 41.7 Å². The summed E-state index contributed by atoms with van der Waals surface area (Å²) in [5.74, 6) is 0.358. The number of hydrogen-bond donors (Lipinski definition) is 2. The predicted octanol–water partition coefficient (Wildman–Crippen LogP) is 4.14. The van der Waals surface area contributed by atoms with Gasteiger partial charge in [-0.05, 0) is 31.2 Å². The van der Waals surface area contributed by atoms with E-state index in [1.54, 1.807) is 11.8 Å². The normalized spacial score (nSPS) is 16.9. The quantitative estimate of drug-likeness (QED) is 0.688. The molecule has 0 unspecified atom stereocenters. The second-order valence-electron chi connectivity index (χ2n) is 7.49. The molecule has 2 aliphatic carbocycles. The van der Waals surface area contributed by atoms with Gasteiger partial charge < -0.3 is 9.88 Å². The predicted molar refractivity (Wildman–Crippen MR) is 110 cm³/mol. The van der Waals surface area contributed by atoms with Crippen LogP contribution in [0.25, 0.3) is 11.3 Å². The maximum atomic E-state index is 12.1. The fourth-order valence-corrected chi connectivity index (χ4v) is 4.66. The van der Waals surface area contributed by atoms with Gasteiger partial charge in [0.25, 0.3) is 0 Å². The van der Waals surface area contributed by atoms with Crippen molar-refractivity contribution in [2.45, 2.75) is 62.2 Å². The average Bonchev–Trinajstić information content (AvgIpc) is 3.23. The fraction of sp³-hybridized carbons (Fsp3) is 0.476. The Balaban J connectivity index is 1.29. The number of urea groups is 1. The van der Waals surface area contributed by atoms with E-state index in [1.807, 2.05) is 24.4 Å². The number of imide groups is 1. The molecule has 4 rings (SSSR count). The first-order valence-electron chi connectivity index (χ1n) is 10.1. The molecule has 2 aliphatic rings. The van der Waals surface area contributed by atoms with E-state index in [1.165, 1.54) is 12.8 Å². The molecule has 0 spiro atoms. The highest BCUT2D eigenvalue weighted by atomic mass is 32.2. The second-order valence-corrected chi connectivity index (χ2v) is 8.56. The molecule has 0 bridgehead atoms. The number of amides is 3. The number of rotatable bonds is 7. The lowest BCUT2D eigenvalue weighted by atomic mass is 10.2. The van der Waals surface area contributed by atoms with E-state index in [2.05, 4.69) is 32.3 Å². The van der Waals surface area contributed by atoms with Crippen molar-refractivity contribution in [2.75, 3.05) is 5.75 Å². The zero-order valence-electron chi connectivity index (χ0n) is 15.9. The third kappa shape index (κ3) is 4.76. The summed E-state index contributed by atoms with van der Waals surface area (Å²) in [6.07, 6.45) is 8.86. The van der Waals surface area contributed by atoms with E-state index >= 15 is 0 Å². The Morgan fingerprint density at radius 1 is 1.11 bits per heavy atom. The summed E-state index contributed by atoms with van der Waals surface area (Å²) in [4.78, 5) is 28.5. The summed E-state index contributed by atoms with van der Waals surface area (Å²) in [7, 11) is 0. The molecule has 2 saturated carbocycles. The van der Waals surface area contributed by atoms with Gasteiger partial charge in [0.15, 0.2) is 5.16 Å². The number of hydrogen-bond acceptors (Lipinski definition) is 4. The number of nitrogens with zero attached hydrogens (tertiary/aromatic N) is 2. The van der Waals surface area contributed by atoms with Gasteiger partial charge in [0.2, 0.25) is 5.91 Å². The molecule has 3 amide bonds. The van der Waals surface area contributed by atoms with Crippen LogP contribution in [0.2, 0.25) is 0 Å². The number of imidazole rings is 1. The minimum atomic E-state index is -0.368. The van der Waals surface area contributed by atoms with Crippen LogP contribution in [-0.2, 0) is 4.79 Å². The van der Waals surface area contributed by atoms with Gasteiger partial charge in [-0.3, -0.25) is 10.1 Å². The fourth-order valence-electron chi connectivity index (χ4n) is 3.67. The maximum absolute atomic E-state index is 12.1. The van der Waals surface area contributed by atoms with E-state index in [0.29, 0.717) is 18.2 Å². The molecule has 2 fully saturated rings. The van der Waals surface area contributed by atoms with Crippen LogP contribution >= 0.6 is 11.8 Å². The lowest BCUT2D eigenvalue weighted by Gasteiger charge is -2.12. The number of benzene rings is 1. The van der Waals surface area contributed by atoms with Crippen molar-refractivity contribution in [3.63, 3.8) is 0 Å². The number of carbonyl (C=O) groups excluding carboxylic acids is 2. The highest BCUT2D eigenvalue weighted by molar-refractivity contribution is 7.99. The number of carbonyl (C=O) groups is 2. The standard InChI is InChI=1S/C21H26N4O2S/c26-19(24-20(27)23-16-8-4-5-9-16)12-13-28-21-22-14-18(25(21)17-10-11-17)15-6-2-1-3-7-15/h1-3,6-7,14,16-17H,4-5,8-13H2,(H2,23,24,26,27). The van der Waals surface area contributed by atoms with Gasteiger partial charge in [-0.25, -0.2) is 9.78 Å². The molecule has 2 aromatic rings. The van der Waals surface area contributed by atoms with E-state index in [0.717, 1.165) is 42.1 Å². The molecule has 7 heteroatoms. The van der Waals surface area contributed by atoms with Crippen LogP contribution < -0.4 is 10.6 Å². The molecule has 0 saturated heterocycles. The van der Waals surface area contributed by atoms with Crippen molar-refractivity contribution in [3.05, 3.63) is 36.5 Å². The van der Waals surface area contributed by atoms with Crippen LogP contribution in [0.4, 0.5) is 4.79 Å². The summed E-state index contributed by atoms with van der Waals surface area (Å²) >= 11 is 1.58. The van der Waals surface area contributed by atoms with Crippen molar-refractivity contribution < 1.29 is 9.59 Å². The third-order valence-corrected chi connectivity index (χ3v) is 6.22. The Morgan fingerprint density at radius 2 is 1.86 bits per heavy atom. The topological polar surface area (TPSA) is 76.0 Å². The van der Waals surface area contributed by atoms with Gasteiger partial charge >= 0.3 is 6.03 Å². The Bertz CT molecular complexity index is 826. The van der Waals surface area contributed by atoms with E-state index in [-0.39, 0.29) is 18.0 Å². The Labute approximate surface area is 169 Å². The van der Waals surface area contributed by atoms with Gasteiger partial charge in [0, 0.05) is 24.3 Å². The Hall–Kier alpha value is -2.28. The van der Waals surface area contributed by atoms with Crippen LogP contribution in [-0.4, -0.2) is 33.3 Å². The molecule has 0 aliphatic heterocycles. The van der Waals surface area contributed by atoms with Crippen molar-refractivity contribution in [1.82, 2.24) is 20.2 Å². The van der Waals surface area contributed by atoms with Gasteiger partial charge in [0.05, 0.1) is 11.9 Å². The Kier molecular flexibility index (Phi) is 6.00. The largest absolute Gasteiger partial charge is 0.335 e. The number of nitrogens with one attached hydrogen (secondary N) is 2. The second kappa shape index (κ2) is 8.82. The zero-order valence-corrected chi connectivity index (χ0v) is 16.7. The van der Waals surface area contributed by atoms with E-state index < -0.39 is 0 Å². The molecule has 28 heavy (non-hydrogen) atoms. The smallest absolute Gasteiger partial charge is 0.321 e. The molecule has 2 N–H and O–H groups in total. The first-order valence-corrected chi connectivity index (χ1v) is 11.0. The highest BCUT2D eigenvalue weighted by Crippen LogP contribution is 2.41. The van der Waals surface area contributed by atoms with E-state index in [4.69, 9.17) is 0 Å². The zero-order chi connectivity index (χ0) is 19.3. The third-order valence-electron chi connectivity index (χ3n) is 5.25. The van der Waals surface area contributed by atoms with Crippen molar-refractivity contribution in [2.24, 2.45) is 0 Å². The highest BCUT2D eigenvalue weighted by Gasteiger charge is 2.29. The molecule has 148 valence electrons. The first kappa shape index (κ1) is 19.1. The molecule has 0 atom stereocenters. The Morgan fingerprint density at radius 3 is 2.57 bits per heavy atom. The first-order chi connectivity index (χ1) is 13.7. The van der Waals surface area contributed by atoms with Gasteiger partial charge in [0.1, 0.15) is 0 Å². The number of aromatic nitrogens is 2. The van der Waals surface area contributed by atoms with Crippen LogP contribution in [0, 0.1) is 0 Å². The molecule has 0 radical (unpaired) electrons. The molecule has 1 aromatic heterocycles. The van der Waals surface area contributed by atoms with Crippen LogP contribution in [0.1, 0.15) is 51.0 Å². The summed E-state index contributed by atoms with van der Waals surface area (Å²) in [6.45, 7) is 0. The van der Waals surface area contributed by atoms with Crippen LogP contribution in [0.3, 0.4) is 0 Å². The summed E-state index contributed by atoms with van der Waals surface area (Å²) < 4.78 is 2.30. The average molecular weight is 399 g/mol. The monoisotopic (exact) mass is 398 g/mol. The molecular weight excluding hydrogens is 372 g/mol. The minimum absolute atomic E-state index is 0.213. The van der Waals surface area contributed by atoms with Crippen molar-refractivity contribution in [1.29, 1.82) is 0 Å². The lowest BCUT2D eigenvalue weighted by Crippen LogP contribution is -2.43. The van der Waals surface area contributed by atoms with E-state index in [9.17, 15) is 9.59 Å². The summed E-state index contributed by atoms with van der Waals surface area (Å²) in [5.41, 5.74) is 2.29. The molecule has 1 aromatic carbocycles. The van der Waals surface area contributed by atoms with Gasteiger partial charge in [-0.2, -0.15) is 0 Å². The van der Waals surface area contributed by atoms with Crippen LogP contribution in [0.5, 0.6) is 0 Å². The SMILES string of the molecule is O=C(CCSc1ncc(-c2ccccc2)n1C1CC1)NC(=O)NC1CCCC1. The summed E-state index contributed by atoms with van der Waals surface area (Å²) in [5, 5.41) is 6.27. The number of thioether (sulfide) groups is 1. The summed E-state index contributed by atoms with van der Waals surface area (Å²) in [6, 6.07) is 10.6. The minimum Gasteiger partial charge on any atom is -0.335 e. The molecular formula is C21H26N4O2S. The molecule has 1 heterocycles. The maximum Gasteiger partial charge on any atom is 0.321 e. The van der Waals surface area contributed by atoms with Gasteiger partial charge in [-0.15, -0.1) is 0 Å². The van der Waals surface area contributed by atoms with Crippen molar-refractivity contribution >= 4 is 23.7 Å². The van der Waals surface area contributed by atoms with Crippen molar-refractivity contribution in [3.8, 4) is 11.3 Å². The molecule has 6 nitrogen and oxygen atoms in total.